The first-order valence-electron chi connectivity index (χ1n) is 4.93. The van der Waals surface area contributed by atoms with E-state index in [4.69, 9.17) is 16.7 Å². The Morgan fingerprint density at radius 3 is 2.62 bits per heavy atom. The minimum Gasteiger partial charge on any atom is -0.480 e. The summed E-state index contributed by atoms with van der Waals surface area (Å²) in [5.74, 6) is -0.851. The lowest BCUT2D eigenvalue weighted by atomic mass is 10.2. The number of aromatic nitrogens is 2. The SMILES string of the molecule is CC(C)N(CC(=O)O)Cc1ccc(Cl)nn1. The van der Waals surface area contributed by atoms with Crippen molar-refractivity contribution in [1.82, 2.24) is 15.1 Å². The lowest BCUT2D eigenvalue weighted by Gasteiger charge is -2.23. The standard InChI is InChI=1S/C10H14ClN3O2/c1-7(2)14(6-10(15)16)5-8-3-4-9(11)13-12-8/h3-4,7H,5-6H2,1-2H3,(H,15,16). The van der Waals surface area contributed by atoms with Gasteiger partial charge in [0.1, 0.15) is 0 Å². The van der Waals surface area contributed by atoms with E-state index in [1.807, 2.05) is 13.8 Å². The molecule has 1 aromatic heterocycles. The van der Waals surface area contributed by atoms with E-state index >= 15 is 0 Å². The van der Waals surface area contributed by atoms with Crippen LogP contribution in [0.15, 0.2) is 12.1 Å². The third kappa shape index (κ3) is 4.12. The predicted molar refractivity (Wildman–Crippen MR) is 60.2 cm³/mol. The Labute approximate surface area is 99.0 Å². The van der Waals surface area contributed by atoms with Crippen LogP contribution in [0.4, 0.5) is 0 Å². The first-order valence-corrected chi connectivity index (χ1v) is 5.31. The van der Waals surface area contributed by atoms with Crippen molar-refractivity contribution < 1.29 is 9.90 Å². The van der Waals surface area contributed by atoms with Crippen molar-refractivity contribution >= 4 is 17.6 Å². The van der Waals surface area contributed by atoms with Crippen molar-refractivity contribution in [2.75, 3.05) is 6.54 Å². The zero-order chi connectivity index (χ0) is 12.1. The number of hydrogen-bond acceptors (Lipinski definition) is 4. The monoisotopic (exact) mass is 243 g/mol. The molecule has 0 spiro atoms. The number of nitrogens with zero attached hydrogens (tertiary/aromatic N) is 3. The van der Waals surface area contributed by atoms with E-state index in [9.17, 15) is 4.79 Å². The average Bonchev–Trinajstić information content (AvgIpc) is 2.19. The van der Waals surface area contributed by atoms with Crippen LogP contribution in [0.25, 0.3) is 0 Å². The normalized spacial score (nSPS) is 11.1. The Hall–Kier alpha value is -1.20. The minimum absolute atomic E-state index is 0.0119. The Morgan fingerprint density at radius 2 is 2.19 bits per heavy atom. The lowest BCUT2D eigenvalue weighted by molar-refractivity contribution is -0.139. The van der Waals surface area contributed by atoms with Crippen molar-refractivity contribution in [2.45, 2.75) is 26.4 Å². The second-order valence-corrected chi connectivity index (χ2v) is 4.13. The first-order chi connectivity index (χ1) is 7.49. The minimum atomic E-state index is -0.851. The summed E-state index contributed by atoms with van der Waals surface area (Å²) >= 11 is 5.61. The molecule has 6 heteroatoms. The molecule has 88 valence electrons. The van der Waals surface area contributed by atoms with Gasteiger partial charge in [0.25, 0.3) is 0 Å². The summed E-state index contributed by atoms with van der Waals surface area (Å²) in [6, 6.07) is 3.52. The van der Waals surface area contributed by atoms with Crippen LogP contribution >= 0.6 is 11.6 Å². The van der Waals surface area contributed by atoms with Crippen LogP contribution in [-0.4, -0.2) is 38.8 Å². The molecular formula is C10H14ClN3O2. The summed E-state index contributed by atoms with van der Waals surface area (Å²) in [6.07, 6.45) is 0. The van der Waals surface area contributed by atoms with Crippen LogP contribution in [-0.2, 0) is 11.3 Å². The van der Waals surface area contributed by atoms with Crippen molar-refractivity contribution in [1.29, 1.82) is 0 Å². The van der Waals surface area contributed by atoms with Gasteiger partial charge in [-0.05, 0) is 26.0 Å². The smallest absolute Gasteiger partial charge is 0.317 e. The van der Waals surface area contributed by atoms with Crippen LogP contribution in [0.2, 0.25) is 5.15 Å². The molecular weight excluding hydrogens is 230 g/mol. The molecule has 5 nitrogen and oxygen atoms in total. The maximum Gasteiger partial charge on any atom is 0.317 e. The zero-order valence-electron chi connectivity index (χ0n) is 9.22. The van der Waals surface area contributed by atoms with Crippen molar-refractivity contribution in [3.63, 3.8) is 0 Å². The van der Waals surface area contributed by atoms with Crippen LogP contribution < -0.4 is 0 Å². The quantitative estimate of drug-likeness (QED) is 0.847. The fourth-order valence-corrected chi connectivity index (χ4v) is 1.33. The molecule has 0 aliphatic rings. The number of rotatable bonds is 5. The van der Waals surface area contributed by atoms with E-state index in [0.717, 1.165) is 0 Å². The van der Waals surface area contributed by atoms with Gasteiger partial charge < -0.3 is 5.11 Å². The highest BCUT2D eigenvalue weighted by atomic mass is 35.5. The number of carboxylic acids is 1. The average molecular weight is 244 g/mol. The maximum absolute atomic E-state index is 10.7. The lowest BCUT2D eigenvalue weighted by Crippen LogP contribution is -2.35. The molecule has 0 radical (unpaired) electrons. The van der Waals surface area contributed by atoms with Crippen molar-refractivity contribution in [2.24, 2.45) is 0 Å². The number of aliphatic carboxylic acids is 1. The molecule has 16 heavy (non-hydrogen) atoms. The number of carboxylic acid groups (broad SMARTS) is 1. The molecule has 0 saturated heterocycles. The maximum atomic E-state index is 10.7. The van der Waals surface area contributed by atoms with E-state index in [1.165, 1.54) is 0 Å². The summed E-state index contributed by atoms with van der Waals surface area (Å²) in [7, 11) is 0. The molecule has 0 atom stereocenters. The Kier molecular flexibility index (Phi) is 4.64. The summed E-state index contributed by atoms with van der Waals surface area (Å²) in [5.41, 5.74) is 0.708. The third-order valence-corrected chi connectivity index (χ3v) is 2.32. The zero-order valence-corrected chi connectivity index (χ0v) is 9.98. The summed E-state index contributed by atoms with van der Waals surface area (Å²) in [6.45, 7) is 4.31. The molecule has 0 unspecified atom stereocenters. The molecule has 0 saturated carbocycles. The van der Waals surface area contributed by atoms with Crippen LogP contribution in [0.5, 0.6) is 0 Å². The van der Waals surface area contributed by atoms with E-state index in [2.05, 4.69) is 10.2 Å². The highest BCUT2D eigenvalue weighted by Gasteiger charge is 2.14. The molecule has 0 aromatic carbocycles. The summed E-state index contributed by atoms with van der Waals surface area (Å²) in [4.78, 5) is 12.5. The number of carbonyl (C=O) groups is 1. The van der Waals surface area contributed by atoms with Crippen molar-refractivity contribution in [3.8, 4) is 0 Å². The third-order valence-electron chi connectivity index (χ3n) is 2.12. The van der Waals surface area contributed by atoms with Crippen molar-refractivity contribution in [3.05, 3.63) is 23.0 Å². The van der Waals surface area contributed by atoms with Crippen LogP contribution in [0, 0.1) is 0 Å². The van der Waals surface area contributed by atoms with Crippen LogP contribution in [0.3, 0.4) is 0 Å². The molecule has 0 amide bonds. The van der Waals surface area contributed by atoms with E-state index in [-0.39, 0.29) is 12.6 Å². The van der Waals surface area contributed by atoms with Crippen LogP contribution in [0.1, 0.15) is 19.5 Å². The predicted octanol–water partition coefficient (Wildman–Crippen LogP) is 1.43. The van der Waals surface area contributed by atoms with Gasteiger partial charge in [-0.3, -0.25) is 9.69 Å². The van der Waals surface area contributed by atoms with E-state index < -0.39 is 5.97 Å². The molecule has 0 aliphatic heterocycles. The molecule has 1 rings (SSSR count). The fraction of sp³-hybridized carbons (Fsp3) is 0.500. The van der Waals surface area contributed by atoms with Gasteiger partial charge in [-0.2, -0.15) is 5.10 Å². The molecule has 0 fully saturated rings. The van der Waals surface area contributed by atoms with Gasteiger partial charge in [0, 0.05) is 12.6 Å². The van der Waals surface area contributed by atoms with Gasteiger partial charge in [-0.15, -0.1) is 5.10 Å². The highest BCUT2D eigenvalue weighted by Crippen LogP contribution is 2.07. The molecule has 1 aromatic rings. The highest BCUT2D eigenvalue weighted by molar-refractivity contribution is 6.29. The van der Waals surface area contributed by atoms with Gasteiger partial charge in [0.15, 0.2) is 5.15 Å². The van der Waals surface area contributed by atoms with E-state index in [0.29, 0.717) is 17.4 Å². The van der Waals surface area contributed by atoms with Gasteiger partial charge >= 0.3 is 5.97 Å². The molecule has 0 aliphatic carbocycles. The van der Waals surface area contributed by atoms with E-state index in [1.54, 1.807) is 17.0 Å². The molecule has 1 N–H and O–H groups in total. The second-order valence-electron chi connectivity index (χ2n) is 3.74. The Bertz CT molecular complexity index is 354. The Balaban J connectivity index is 2.67. The summed E-state index contributed by atoms with van der Waals surface area (Å²) < 4.78 is 0. The number of hydrogen-bond donors (Lipinski definition) is 1. The molecule has 1 heterocycles. The van der Waals surface area contributed by atoms with Gasteiger partial charge in [0.05, 0.1) is 12.2 Å². The van der Waals surface area contributed by atoms with Gasteiger partial charge in [-0.1, -0.05) is 11.6 Å². The summed E-state index contributed by atoms with van der Waals surface area (Å²) in [5, 5.41) is 16.7. The van der Waals surface area contributed by atoms with Gasteiger partial charge in [0.2, 0.25) is 0 Å². The topological polar surface area (TPSA) is 66.3 Å². The van der Waals surface area contributed by atoms with Gasteiger partial charge in [-0.25, -0.2) is 0 Å². The fourth-order valence-electron chi connectivity index (χ4n) is 1.23. The second kappa shape index (κ2) is 5.77. The Morgan fingerprint density at radius 1 is 1.50 bits per heavy atom. The first kappa shape index (κ1) is 12.9. The largest absolute Gasteiger partial charge is 0.480 e. The number of halogens is 1. The molecule has 0 bridgehead atoms.